The molecule has 0 saturated carbocycles. The van der Waals surface area contributed by atoms with Crippen LogP contribution in [-0.4, -0.2) is 27.4 Å². The van der Waals surface area contributed by atoms with Gasteiger partial charge in [-0.2, -0.15) is 0 Å². The zero-order valence-electron chi connectivity index (χ0n) is 14.7. The lowest BCUT2D eigenvalue weighted by Crippen LogP contribution is -2.26. The molecule has 0 aliphatic carbocycles. The van der Waals surface area contributed by atoms with Crippen molar-refractivity contribution in [1.82, 2.24) is 4.72 Å². The van der Waals surface area contributed by atoms with Crippen molar-refractivity contribution in [2.24, 2.45) is 0 Å². The molecule has 0 atom stereocenters. The van der Waals surface area contributed by atoms with Crippen molar-refractivity contribution >= 4 is 32.6 Å². The minimum Gasteiger partial charge on any atom is -0.461 e. The van der Waals surface area contributed by atoms with E-state index in [4.69, 9.17) is 4.42 Å². The maximum absolute atomic E-state index is 12.5. The monoisotopic (exact) mass is 384 g/mol. The summed E-state index contributed by atoms with van der Waals surface area (Å²) in [4.78, 5) is 13.7. The highest BCUT2D eigenvalue weighted by molar-refractivity contribution is 7.89. The van der Waals surface area contributed by atoms with Gasteiger partial charge in [0.1, 0.15) is 11.3 Å². The van der Waals surface area contributed by atoms with Crippen LogP contribution in [0.25, 0.3) is 11.0 Å². The van der Waals surface area contributed by atoms with Crippen molar-refractivity contribution < 1.29 is 17.6 Å². The molecule has 1 aromatic heterocycles. The predicted molar refractivity (Wildman–Crippen MR) is 103 cm³/mol. The van der Waals surface area contributed by atoms with Gasteiger partial charge in [-0.15, -0.1) is 0 Å². The van der Waals surface area contributed by atoms with Gasteiger partial charge in [0.15, 0.2) is 0 Å². The summed E-state index contributed by atoms with van der Waals surface area (Å²) in [6.45, 7) is 0.926. The highest BCUT2D eigenvalue weighted by Gasteiger charge is 2.22. The number of hydrogen-bond acceptors (Lipinski definition) is 4. The highest BCUT2D eigenvalue weighted by Crippen LogP contribution is 2.23. The van der Waals surface area contributed by atoms with E-state index in [-0.39, 0.29) is 17.3 Å². The molecule has 0 spiro atoms. The molecule has 1 N–H and O–H groups in total. The SMILES string of the molecule is O=C1CCCN1c1ccc(S(=O)(=O)NCCc2cc3ccccc3o2)cc1. The zero-order chi connectivity index (χ0) is 18.9. The molecular weight excluding hydrogens is 364 g/mol. The Bertz CT molecular complexity index is 1040. The molecule has 1 saturated heterocycles. The van der Waals surface area contributed by atoms with Crippen LogP contribution < -0.4 is 9.62 Å². The topological polar surface area (TPSA) is 79.6 Å². The van der Waals surface area contributed by atoms with Crippen LogP contribution in [0.15, 0.2) is 63.9 Å². The van der Waals surface area contributed by atoms with E-state index in [9.17, 15) is 13.2 Å². The van der Waals surface area contributed by atoms with E-state index in [2.05, 4.69) is 4.72 Å². The summed E-state index contributed by atoms with van der Waals surface area (Å²) in [5.74, 6) is 0.816. The van der Waals surface area contributed by atoms with Gasteiger partial charge in [-0.1, -0.05) is 18.2 Å². The Balaban J connectivity index is 1.40. The van der Waals surface area contributed by atoms with Crippen LogP contribution in [0, 0.1) is 0 Å². The zero-order valence-corrected chi connectivity index (χ0v) is 15.5. The average Bonchev–Trinajstić information content (AvgIpc) is 3.27. The summed E-state index contributed by atoms with van der Waals surface area (Å²) in [5.41, 5.74) is 1.53. The highest BCUT2D eigenvalue weighted by atomic mass is 32.2. The van der Waals surface area contributed by atoms with Crippen molar-refractivity contribution in [2.45, 2.75) is 24.2 Å². The molecule has 4 rings (SSSR count). The van der Waals surface area contributed by atoms with Crippen molar-refractivity contribution in [3.63, 3.8) is 0 Å². The van der Waals surface area contributed by atoms with E-state index in [1.165, 1.54) is 12.1 Å². The first-order chi connectivity index (χ1) is 13.0. The lowest BCUT2D eigenvalue weighted by molar-refractivity contribution is -0.117. The Kier molecular flexibility index (Phi) is 4.72. The molecule has 1 fully saturated rings. The maximum Gasteiger partial charge on any atom is 0.240 e. The molecular formula is C20H20N2O4S. The van der Waals surface area contributed by atoms with Gasteiger partial charge in [-0.25, -0.2) is 13.1 Å². The number of nitrogens with zero attached hydrogens (tertiary/aromatic N) is 1. The molecule has 6 nitrogen and oxygen atoms in total. The van der Waals surface area contributed by atoms with E-state index in [0.717, 1.165) is 28.8 Å². The number of hydrogen-bond donors (Lipinski definition) is 1. The maximum atomic E-state index is 12.5. The predicted octanol–water partition coefficient (Wildman–Crippen LogP) is 3.08. The number of carbonyl (C=O) groups excluding carboxylic acids is 1. The Morgan fingerprint density at radius 3 is 2.56 bits per heavy atom. The summed E-state index contributed by atoms with van der Waals surface area (Å²) >= 11 is 0. The number of para-hydroxylation sites is 1. The number of furan rings is 1. The van der Waals surface area contributed by atoms with Crippen molar-refractivity contribution in [3.05, 3.63) is 60.4 Å². The van der Waals surface area contributed by atoms with Crippen LogP contribution in [0.3, 0.4) is 0 Å². The van der Waals surface area contributed by atoms with Crippen LogP contribution in [0.4, 0.5) is 5.69 Å². The van der Waals surface area contributed by atoms with Crippen LogP contribution in [0.5, 0.6) is 0 Å². The number of carbonyl (C=O) groups is 1. The number of benzene rings is 2. The summed E-state index contributed by atoms with van der Waals surface area (Å²) in [6.07, 6.45) is 1.85. The fraction of sp³-hybridized carbons (Fsp3) is 0.250. The second kappa shape index (κ2) is 7.17. The quantitative estimate of drug-likeness (QED) is 0.708. The van der Waals surface area contributed by atoms with E-state index < -0.39 is 10.0 Å². The first-order valence-electron chi connectivity index (χ1n) is 8.90. The average molecular weight is 384 g/mol. The van der Waals surface area contributed by atoms with Gasteiger partial charge in [-0.3, -0.25) is 4.79 Å². The van der Waals surface area contributed by atoms with Gasteiger partial charge in [0.2, 0.25) is 15.9 Å². The fourth-order valence-electron chi connectivity index (χ4n) is 3.28. The molecule has 2 heterocycles. The second-order valence-electron chi connectivity index (χ2n) is 6.54. The first kappa shape index (κ1) is 17.8. The van der Waals surface area contributed by atoms with Crippen molar-refractivity contribution in [2.75, 3.05) is 18.0 Å². The number of rotatable bonds is 6. The molecule has 1 aliphatic heterocycles. The normalized spacial score (nSPS) is 15.0. The van der Waals surface area contributed by atoms with Gasteiger partial charge in [0.05, 0.1) is 4.90 Å². The lowest BCUT2D eigenvalue weighted by Gasteiger charge is -2.16. The summed E-state index contributed by atoms with van der Waals surface area (Å²) in [5, 5.41) is 1.00. The minimum atomic E-state index is -3.61. The summed E-state index contributed by atoms with van der Waals surface area (Å²) < 4.78 is 33.2. The fourth-order valence-corrected chi connectivity index (χ4v) is 4.31. The third kappa shape index (κ3) is 3.74. The van der Waals surface area contributed by atoms with Crippen LogP contribution in [-0.2, 0) is 21.2 Å². The first-order valence-corrected chi connectivity index (χ1v) is 10.4. The molecule has 3 aromatic rings. The van der Waals surface area contributed by atoms with Gasteiger partial charge in [0, 0.05) is 37.0 Å². The van der Waals surface area contributed by atoms with E-state index in [0.29, 0.717) is 19.4 Å². The molecule has 0 radical (unpaired) electrons. The number of amides is 1. The smallest absolute Gasteiger partial charge is 0.240 e. The molecule has 0 bridgehead atoms. The van der Waals surface area contributed by atoms with Crippen LogP contribution in [0.1, 0.15) is 18.6 Å². The standard InChI is InChI=1S/C20H20N2O4S/c23-20-6-3-13-22(20)16-7-9-18(10-8-16)27(24,25)21-12-11-17-14-15-4-1-2-5-19(15)26-17/h1-2,4-5,7-10,14,21H,3,6,11-13H2. The number of anilines is 1. The van der Waals surface area contributed by atoms with E-state index in [1.54, 1.807) is 17.0 Å². The van der Waals surface area contributed by atoms with Crippen LogP contribution in [0.2, 0.25) is 0 Å². The molecule has 1 aliphatic rings. The third-order valence-corrected chi connectivity index (χ3v) is 6.15. The second-order valence-corrected chi connectivity index (χ2v) is 8.31. The Morgan fingerprint density at radius 1 is 1.07 bits per heavy atom. The Morgan fingerprint density at radius 2 is 1.85 bits per heavy atom. The minimum absolute atomic E-state index is 0.0783. The molecule has 27 heavy (non-hydrogen) atoms. The Hall–Kier alpha value is -2.64. The van der Waals surface area contributed by atoms with E-state index >= 15 is 0 Å². The lowest BCUT2D eigenvalue weighted by atomic mass is 10.2. The van der Waals surface area contributed by atoms with Gasteiger partial charge in [0.25, 0.3) is 0 Å². The summed E-state index contributed by atoms with van der Waals surface area (Å²) in [7, 11) is -3.61. The molecule has 1 amide bonds. The van der Waals surface area contributed by atoms with Crippen molar-refractivity contribution in [3.8, 4) is 0 Å². The third-order valence-electron chi connectivity index (χ3n) is 4.67. The molecule has 0 unspecified atom stereocenters. The van der Waals surface area contributed by atoms with Gasteiger partial charge >= 0.3 is 0 Å². The molecule has 140 valence electrons. The summed E-state index contributed by atoms with van der Waals surface area (Å²) in [6, 6.07) is 16.0. The number of sulfonamides is 1. The van der Waals surface area contributed by atoms with Crippen molar-refractivity contribution in [1.29, 1.82) is 0 Å². The van der Waals surface area contributed by atoms with Gasteiger partial charge < -0.3 is 9.32 Å². The van der Waals surface area contributed by atoms with E-state index in [1.807, 2.05) is 30.3 Å². The Labute approximate surface area is 157 Å². The van der Waals surface area contributed by atoms with Gasteiger partial charge in [-0.05, 0) is 42.8 Å². The largest absolute Gasteiger partial charge is 0.461 e. The number of fused-ring (bicyclic) bond motifs is 1. The number of nitrogens with one attached hydrogen (secondary N) is 1. The molecule has 2 aromatic carbocycles. The molecule has 7 heteroatoms. The van der Waals surface area contributed by atoms with Crippen LogP contribution >= 0.6 is 0 Å².